The molecule has 0 aliphatic carbocycles. The van der Waals surface area contributed by atoms with Crippen LogP contribution in [0.15, 0.2) is 30.3 Å². The van der Waals surface area contributed by atoms with Gasteiger partial charge in [0, 0.05) is 6.42 Å². The molecule has 1 aromatic carbocycles. The SMILES string of the molecule is CCOC(=O)C(CCSC)NC(=O)C(Cc1ccccc1)NC(=O)C(N)CC(C)C. The van der Waals surface area contributed by atoms with Crippen LogP contribution in [0, 0.1) is 5.92 Å². The number of esters is 1. The minimum Gasteiger partial charge on any atom is -0.464 e. The van der Waals surface area contributed by atoms with Gasteiger partial charge in [-0.3, -0.25) is 9.59 Å². The maximum atomic E-state index is 13.0. The summed E-state index contributed by atoms with van der Waals surface area (Å²) >= 11 is 1.58. The Morgan fingerprint density at radius 2 is 1.70 bits per heavy atom. The summed E-state index contributed by atoms with van der Waals surface area (Å²) in [4.78, 5) is 37.9. The van der Waals surface area contributed by atoms with E-state index >= 15 is 0 Å². The Bertz CT molecular complexity index is 670. The van der Waals surface area contributed by atoms with Gasteiger partial charge in [-0.15, -0.1) is 0 Å². The number of nitrogens with one attached hydrogen (secondary N) is 2. The van der Waals surface area contributed by atoms with Crippen LogP contribution in [0.3, 0.4) is 0 Å². The lowest BCUT2D eigenvalue weighted by atomic mass is 10.0. The Morgan fingerprint density at radius 3 is 2.27 bits per heavy atom. The number of benzene rings is 1. The van der Waals surface area contributed by atoms with Crippen molar-refractivity contribution >= 4 is 29.5 Å². The molecule has 0 radical (unpaired) electrons. The molecule has 0 saturated carbocycles. The fourth-order valence-electron chi connectivity index (χ4n) is 2.95. The van der Waals surface area contributed by atoms with Crippen LogP contribution in [0.5, 0.6) is 0 Å². The van der Waals surface area contributed by atoms with E-state index in [1.54, 1.807) is 18.7 Å². The van der Waals surface area contributed by atoms with Gasteiger partial charge < -0.3 is 21.1 Å². The number of ether oxygens (including phenoxy) is 1. The highest BCUT2D eigenvalue weighted by molar-refractivity contribution is 7.98. The van der Waals surface area contributed by atoms with Crippen LogP contribution in [0.4, 0.5) is 0 Å². The number of hydrogen-bond acceptors (Lipinski definition) is 6. The molecular formula is C22H35N3O4S. The van der Waals surface area contributed by atoms with Crippen LogP contribution in [-0.4, -0.2) is 54.5 Å². The third-order valence-corrected chi connectivity index (χ3v) is 5.12. The van der Waals surface area contributed by atoms with E-state index in [2.05, 4.69) is 10.6 Å². The summed E-state index contributed by atoms with van der Waals surface area (Å²) in [5.41, 5.74) is 6.89. The number of carbonyl (C=O) groups is 3. The van der Waals surface area contributed by atoms with Gasteiger partial charge in [-0.05, 0) is 43.3 Å². The van der Waals surface area contributed by atoms with E-state index in [0.717, 1.165) is 5.56 Å². The molecule has 0 aromatic heterocycles. The van der Waals surface area contributed by atoms with Crippen LogP contribution in [0.1, 0.15) is 39.2 Å². The summed E-state index contributed by atoms with van der Waals surface area (Å²) in [5.74, 6) is -0.327. The first-order valence-corrected chi connectivity index (χ1v) is 11.7. The number of nitrogens with two attached hydrogens (primary N) is 1. The molecule has 168 valence electrons. The molecule has 2 amide bonds. The van der Waals surface area contributed by atoms with E-state index < -0.39 is 30.0 Å². The van der Waals surface area contributed by atoms with E-state index in [0.29, 0.717) is 25.0 Å². The van der Waals surface area contributed by atoms with Crippen molar-refractivity contribution in [2.45, 2.75) is 58.2 Å². The normalized spacial score (nSPS) is 13.9. The topological polar surface area (TPSA) is 111 Å². The first-order valence-electron chi connectivity index (χ1n) is 10.3. The monoisotopic (exact) mass is 437 g/mol. The highest BCUT2D eigenvalue weighted by Gasteiger charge is 2.29. The summed E-state index contributed by atoms with van der Waals surface area (Å²) in [6.07, 6.45) is 3.19. The van der Waals surface area contributed by atoms with E-state index in [4.69, 9.17) is 10.5 Å². The van der Waals surface area contributed by atoms with Gasteiger partial charge in [-0.2, -0.15) is 11.8 Å². The number of thioether (sulfide) groups is 1. The lowest BCUT2D eigenvalue weighted by Crippen LogP contribution is -2.55. The minimum atomic E-state index is -0.843. The van der Waals surface area contributed by atoms with Crippen molar-refractivity contribution in [1.82, 2.24) is 10.6 Å². The standard InChI is InChI=1S/C22H35N3O4S/c1-5-29-22(28)18(11-12-30-4)24-21(27)19(14-16-9-7-6-8-10-16)25-20(26)17(23)13-15(2)3/h6-10,15,17-19H,5,11-14,23H2,1-4H3,(H,24,27)(H,25,26). The molecular weight excluding hydrogens is 402 g/mol. The lowest BCUT2D eigenvalue weighted by Gasteiger charge is -2.24. The Morgan fingerprint density at radius 1 is 1.07 bits per heavy atom. The Kier molecular flexibility index (Phi) is 12.2. The van der Waals surface area contributed by atoms with Gasteiger partial charge >= 0.3 is 5.97 Å². The molecule has 7 nitrogen and oxygen atoms in total. The third kappa shape index (κ3) is 9.63. The maximum Gasteiger partial charge on any atom is 0.328 e. The molecule has 3 atom stereocenters. The fourth-order valence-corrected chi connectivity index (χ4v) is 3.42. The van der Waals surface area contributed by atoms with E-state index in [9.17, 15) is 14.4 Å². The Balaban J connectivity index is 2.95. The number of hydrogen-bond donors (Lipinski definition) is 3. The van der Waals surface area contributed by atoms with Crippen LogP contribution in [0.25, 0.3) is 0 Å². The fraction of sp³-hybridized carbons (Fsp3) is 0.591. The molecule has 8 heteroatoms. The van der Waals surface area contributed by atoms with Crippen LogP contribution >= 0.6 is 11.8 Å². The quantitative estimate of drug-likeness (QED) is 0.407. The van der Waals surface area contributed by atoms with E-state index in [1.165, 1.54) is 0 Å². The van der Waals surface area contributed by atoms with Crippen molar-refractivity contribution in [1.29, 1.82) is 0 Å². The van der Waals surface area contributed by atoms with Crippen LogP contribution in [-0.2, 0) is 25.5 Å². The van der Waals surface area contributed by atoms with Crippen molar-refractivity contribution in [3.05, 3.63) is 35.9 Å². The largest absolute Gasteiger partial charge is 0.464 e. The minimum absolute atomic E-state index is 0.235. The lowest BCUT2D eigenvalue weighted by molar-refractivity contribution is -0.147. The highest BCUT2D eigenvalue weighted by atomic mass is 32.2. The molecule has 0 fully saturated rings. The molecule has 3 unspecified atom stereocenters. The molecule has 0 aliphatic heterocycles. The second kappa shape index (κ2) is 14.0. The second-order valence-corrected chi connectivity index (χ2v) is 8.57. The second-order valence-electron chi connectivity index (χ2n) is 7.58. The molecule has 1 rings (SSSR count). The zero-order valence-electron chi connectivity index (χ0n) is 18.4. The molecule has 4 N–H and O–H groups in total. The van der Waals surface area contributed by atoms with Crippen molar-refractivity contribution in [2.75, 3.05) is 18.6 Å². The summed E-state index contributed by atoms with van der Waals surface area (Å²) in [5, 5.41) is 5.53. The average molecular weight is 438 g/mol. The maximum absolute atomic E-state index is 13.0. The van der Waals surface area contributed by atoms with Gasteiger partial charge in [0.15, 0.2) is 0 Å². The van der Waals surface area contributed by atoms with Gasteiger partial charge in [-0.25, -0.2) is 4.79 Å². The zero-order chi connectivity index (χ0) is 22.5. The number of rotatable bonds is 13. The zero-order valence-corrected chi connectivity index (χ0v) is 19.2. The summed E-state index contributed by atoms with van der Waals surface area (Å²) in [7, 11) is 0. The average Bonchev–Trinajstić information content (AvgIpc) is 2.70. The molecule has 30 heavy (non-hydrogen) atoms. The molecule has 0 aliphatic rings. The number of amides is 2. The third-order valence-electron chi connectivity index (χ3n) is 4.48. The highest BCUT2D eigenvalue weighted by Crippen LogP contribution is 2.08. The summed E-state index contributed by atoms with van der Waals surface area (Å²) in [6.45, 7) is 5.92. The van der Waals surface area contributed by atoms with Crippen molar-refractivity contribution in [3.8, 4) is 0 Å². The molecule has 0 heterocycles. The predicted octanol–water partition coefficient (Wildman–Crippen LogP) is 1.89. The van der Waals surface area contributed by atoms with Crippen LogP contribution < -0.4 is 16.4 Å². The summed E-state index contributed by atoms with van der Waals surface area (Å²) in [6, 6.07) is 7.10. The van der Waals surface area contributed by atoms with E-state index in [-0.39, 0.29) is 18.4 Å². The van der Waals surface area contributed by atoms with Crippen molar-refractivity contribution in [2.24, 2.45) is 11.7 Å². The van der Waals surface area contributed by atoms with Gasteiger partial charge in [0.1, 0.15) is 12.1 Å². The van der Waals surface area contributed by atoms with Gasteiger partial charge in [-0.1, -0.05) is 44.2 Å². The molecule has 0 saturated heterocycles. The van der Waals surface area contributed by atoms with Gasteiger partial charge in [0.25, 0.3) is 0 Å². The predicted molar refractivity (Wildman–Crippen MR) is 121 cm³/mol. The Hall–Kier alpha value is -2.06. The molecule has 0 spiro atoms. The molecule has 1 aromatic rings. The Labute approximate surface area is 183 Å². The van der Waals surface area contributed by atoms with E-state index in [1.807, 2.05) is 50.4 Å². The van der Waals surface area contributed by atoms with Crippen molar-refractivity contribution < 1.29 is 19.1 Å². The summed E-state index contributed by atoms with van der Waals surface area (Å²) < 4.78 is 5.09. The number of carbonyl (C=O) groups excluding carboxylic acids is 3. The molecule has 0 bridgehead atoms. The van der Waals surface area contributed by atoms with Crippen LogP contribution in [0.2, 0.25) is 0 Å². The first-order chi connectivity index (χ1) is 14.3. The van der Waals surface area contributed by atoms with Gasteiger partial charge in [0.05, 0.1) is 12.6 Å². The first kappa shape index (κ1) is 26.0. The van der Waals surface area contributed by atoms with Crippen molar-refractivity contribution in [3.63, 3.8) is 0 Å². The van der Waals surface area contributed by atoms with Gasteiger partial charge in [0.2, 0.25) is 11.8 Å². The smallest absolute Gasteiger partial charge is 0.328 e.